The first-order valence-corrected chi connectivity index (χ1v) is 6.01. The van der Waals surface area contributed by atoms with E-state index in [1.165, 1.54) is 12.8 Å². The minimum atomic E-state index is 0.00502. The molecule has 0 aromatic carbocycles. The zero-order valence-electron chi connectivity index (χ0n) is 9.29. The van der Waals surface area contributed by atoms with E-state index in [4.69, 9.17) is 0 Å². The molecule has 80 valence electrons. The van der Waals surface area contributed by atoms with Crippen LogP contribution in [0.15, 0.2) is 23.3 Å². The van der Waals surface area contributed by atoms with Crippen molar-refractivity contribution in [1.82, 2.24) is 0 Å². The van der Waals surface area contributed by atoms with E-state index in [0.717, 1.165) is 36.8 Å². The molecule has 0 amide bonds. The van der Waals surface area contributed by atoms with Crippen molar-refractivity contribution in [3.8, 4) is 12.1 Å². The molecule has 1 saturated carbocycles. The summed E-state index contributed by atoms with van der Waals surface area (Å²) in [4.78, 5) is 0. The zero-order chi connectivity index (χ0) is 11.2. The minimum absolute atomic E-state index is 0.00502. The maximum atomic E-state index is 9.28. The van der Waals surface area contributed by atoms with E-state index in [9.17, 15) is 10.5 Å². The average Bonchev–Trinajstić information content (AvgIpc) is 2.81. The van der Waals surface area contributed by atoms with E-state index in [2.05, 4.69) is 24.3 Å². The fourth-order valence-electron chi connectivity index (χ4n) is 4.18. The SMILES string of the molecule is N#CC1=CC[C@@]23CCCC[C@@]12CC=C3C#N. The summed E-state index contributed by atoms with van der Waals surface area (Å²) < 4.78 is 0. The second kappa shape index (κ2) is 2.98. The third-order valence-corrected chi connectivity index (χ3v) is 4.95. The Bertz CT molecular complexity index is 440. The molecule has 1 fully saturated rings. The Labute approximate surface area is 95.9 Å². The Kier molecular flexibility index (Phi) is 1.80. The highest BCUT2D eigenvalue weighted by Crippen LogP contribution is 2.68. The van der Waals surface area contributed by atoms with Gasteiger partial charge in [-0.25, -0.2) is 0 Å². The first-order chi connectivity index (χ1) is 7.79. The Balaban J connectivity index is 2.15. The highest BCUT2D eigenvalue weighted by molar-refractivity contribution is 5.51. The summed E-state index contributed by atoms with van der Waals surface area (Å²) in [5, 5.41) is 18.6. The van der Waals surface area contributed by atoms with Gasteiger partial charge in [0, 0.05) is 22.0 Å². The summed E-state index contributed by atoms with van der Waals surface area (Å²) in [6, 6.07) is 4.77. The summed E-state index contributed by atoms with van der Waals surface area (Å²) in [7, 11) is 0. The Morgan fingerprint density at radius 1 is 0.875 bits per heavy atom. The van der Waals surface area contributed by atoms with Crippen LogP contribution in [0.1, 0.15) is 38.5 Å². The van der Waals surface area contributed by atoms with E-state index in [1.54, 1.807) is 0 Å². The molecule has 0 saturated heterocycles. The first-order valence-electron chi connectivity index (χ1n) is 6.01. The number of nitriles is 2. The molecule has 3 rings (SSSR count). The van der Waals surface area contributed by atoms with E-state index >= 15 is 0 Å². The first kappa shape index (κ1) is 9.67. The van der Waals surface area contributed by atoms with Crippen LogP contribution in [0.3, 0.4) is 0 Å². The molecule has 2 heteroatoms. The molecule has 0 N–H and O–H groups in total. The van der Waals surface area contributed by atoms with E-state index < -0.39 is 0 Å². The predicted molar refractivity (Wildman–Crippen MR) is 60.0 cm³/mol. The molecule has 0 radical (unpaired) electrons. The van der Waals surface area contributed by atoms with Crippen LogP contribution in [0, 0.1) is 33.5 Å². The maximum Gasteiger partial charge on any atom is 0.0950 e. The van der Waals surface area contributed by atoms with Crippen molar-refractivity contribution < 1.29 is 0 Å². The molecule has 0 aliphatic heterocycles. The fourth-order valence-corrected chi connectivity index (χ4v) is 4.18. The normalized spacial score (nSPS) is 40.1. The van der Waals surface area contributed by atoms with Crippen molar-refractivity contribution in [2.24, 2.45) is 10.8 Å². The van der Waals surface area contributed by atoms with Gasteiger partial charge in [-0.2, -0.15) is 10.5 Å². The second-order valence-corrected chi connectivity index (χ2v) is 5.24. The number of nitrogens with zero attached hydrogens (tertiary/aromatic N) is 2. The lowest BCUT2D eigenvalue weighted by Crippen LogP contribution is -2.40. The maximum absolute atomic E-state index is 9.28. The third kappa shape index (κ3) is 0.828. The van der Waals surface area contributed by atoms with Crippen molar-refractivity contribution in [1.29, 1.82) is 10.5 Å². The lowest BCUT2D eigenvalue weighted by Gasteiger charge is -2.46. The highest BCUT2D eigenvalue weighted by atomic mass is 14.6. The van der Waals surface area contributed by atoms with Gasteiger partial charge in [-0.1, -0.05) is 25.0 Å². The van der Waals surface area contributed by atoms with Gasteiger partial charge < -0.3 is 0 Å². The molecule has 0 spiro atoms. The van der Waals surface area contributed by atoms with Crippen LogP contribution in [0.4, 0.5) is 0 Å². The van der Waals surface area contributed by atoms with Crippen molar-refractivity contribution in [2.45, 2.75) is 38.5 Å². The van der Waals surface area contributed by atoms with Gasteiger partial charge in [0.1, 0.15) is 0 Å². The topological polar surface area (TPSA) is 47.6 Å². The minimum Gasteiger partial charge on any atom is -0.193 e. The largest absolute Gasteiger partial charge is 0.193 e. The third-order valence-electron chi connectivity index (χ3n) is 4.95. The smallest absolute Gasteiger partial charge is 0.0950 e. The van der Waals surface area contributed by atoms with Crippen molar-refractivity contribution in [2.75, 3.05) is 0 Å². The zero-order valence-corrected chi connectivity index (χ0v) is 9.29. The molecule has 0 unspecified atom stereocenters. The molecule has 3 aliphatic carbocycles. The molecule has 0 aromatic rings. The van der Waals surface area contributed by atoms with E-state index in [0.29, 0.717) is 0 Å². The fraction of sp³-hybridized carbons (Fsp3) is 0.571. The Hall–Kier alpha value is -1.54. The summed E-state index contributed by atoms with van der Waals surface area (Å²) in [6.45, 7) is 0. The van der Waals surface area contributed by atoms with E-state index in [-0.39, 0.29) is 10.8 Å². The van der Waals surface area contributed by atoms with Gasteiger partial charge in [0.2, 0.25) is 0 Å². The number of allylic oxidation sites excluding steroid dienone is 4. The van der Waals surface area contributed by atoms with Gasteiger partial charge in [-0.3, -0.25) is 0 Å². The quantitative estimate of drug-likeness (QED) is 0.616. The summed E-state index contributed by atoms with van der Waals surface area (Å²) in [5.41, 5.74) is 1.92. The van der Waals surface area contributed by atoms with Gasteiger partial charge in [-0.05, 0) is 25.7 Å². The van der Waals surface area contributed by atoms with Crippen LogP contribution in [0.5, 0.6) is 0 Å². The monoisotopic (exact) mass is 210 g/mol. The molecule has 16 heavy (non-hydrogen) atoms. The lowest BCUT2D eigenvalue weighted by molar-refractivity contribution is 0.0978. The Morgan fingerprint density at radius 2 is 1.31 bits per heavy atom. The van der Waals surface area contributed by atoms with Crippen LogP contribution >= 0.6 is 0 Å². The molecule has 3 aliphatic rings. The van der Waals surface area contributed by atoms with Crippen molar-refractivity contribution in [3.63, 3.8) is 0 Å². The van der Waals surface area contributed by atoms with Crippen LogP contribution < -0.4 is 0 Å². The standard InChI is InChI=1S/C14H14N2/c15-9-11-4-8-14-6-2-1-5-13(11,14)7-3-12(14)10-16/h3-4H,1-2,5-8H2/t13-,14-/m1/s1. The average molecular weight is 210 g/mol. The number of hydrogen-bond donors (Lipinski definition) is 0. The summed E-state index contributed by atoms with van der Waals surface area (Å²) in [5.74, 6) is 0. The van der Waals surface area contributed by atoms with Gasteiger partial charge in [-0.15, -0.1) is 0 Å². The van der Waals surface area contributed by atoms with Crippen LogP contribution in [0.2, 0.25) is 0 Å². The van der Waals surface area contributed by atoms with Crippen molar-refractivity contribution >= 4 is 0 Å². The molecule has 2 nitrogen and oxygen atoms in total. The molecule has 0 heterocycles. The highest BCUT2D eigenvalue weighted by Gasteiger charge is 2.61. The van der Waals surface area contributed by atoms with Crippen LogP contribution in [0.25, 0.3) is 0 Å². The summed E-state index contributed by atoms with van der Waals surface area (Å²) >= 11 is 0. The van der Waals surface area contributed by atoms with Crippen LogP contribution in [-0.4, -0.2) is 0 Å². The second-order valence-electron chi connectivity index (χ2n) is 5.24. The van der Waals surface area contributed by atoms with Gasteiger partial charge in [0.25, 0.3) is 0 Å². The van der Waals surface area contributed by atoms with Gasteiger partial charge >= 0.3 is 0 Å². The number of rotatable bonds is 0. The van der Waals surface area contributed by atoms with Gasteiger partial charge in [0.15, 0.2) is 0 Å². The van der Waals surface area contributed by atoms with Gasteiger partial charge in [0.05, 0.1) is 12.1 Å². The Morgan fingerprint density at radius 3 is 1.69 bits per heavy atom. The molecule has 2 atom stereocenters. The number of hydrogen-bond acceptors (Lipinski definition) is 2. The predicted octanol–water partition coefficient (Wildman–Crippen LogP) is 3.24. The molecular weight excluding hydrogens is 196 g/mol. The van der Waals surface area contributed by atoms with Crippen LogP contribution in [-0.2, 0) is 0 Å². The molecular formula is C14H14N2. The molecule has 0 aromatic heterocycles. The lowest BCUT2D eigenvalue weighted by atomic mass is 9.55. The summed E-state index contributed by atoms with van der Waals surface area (Å²) in [6.07, 6.45) is 10.6. The van der Waals surface area contributed by atoms with E-state index in [1.807, 2.05) is 0 Å². The molecule has 0 bridgehead atoms. The van der Waals surface area contributed by atoms with Crippen molar-refractivity contribution in [3.05, 3.63) is 23.3 Å².